The molecule has 0 amide bonds. The molecule has 0 saturated carbocycles. The van der Waals surface area contributed by atoms with Crippen LogP contribution in [0.15, 0.2) is 58.8 Å². The Morgan fingerprint density at radius 1 is 0.786 bits per heavy atom. The average Bonchev–Trinajstić information content (AvgIpc) is 3.00. The van der Waals surface area contributed by atoms with Crippen molar-refractivity contribution in [3.8, 4) is 17.6 Å². The molecule has 2 rings (SSSR count). The van der Waals surface area contributed by atoms with Gasteiger partial charge in [-0.25, -0.2) is 0 Å². The number of aryl methyl sites for hydroxylation is 1. The van der Waals surface area contributed by atoms with Gasteiger partial charge in [0.25, 0.3) is 0 Å². The van der Waals surface area contributed by atoms with Crippen LogP contribution >= 0.6 is 12.4 Å². The van der Waals surface area contributed by atoms with Gasteiger partial charge in [-0.15, -0.1) is 12.4 Å². The molecule has 0 aliphatic carbocycles. The van der Waals surface area contributed by atoms with Crippen LogP contribution in [0.3, 0.4) is 0 Å². The SMILES string of the molecule is CCCCCCCCCCCCC(C#N)(CCCC(CCc1cccc(OC)c1)N=NC)c1cccc(OC)c1.Cl.O. The molecule has 0 fully saturated rings. The molecule has 42 heavy (non-hydrogen) atoms. The zero-order valence-corrected chi connectivity index (χ0v) is 27.4. The molecule has 2 unspecified atom stereocenters. The second-order valence-electron chi connectivity index (χ2n) is 11.1. The molecule has 6 nitrogen and oxygen atoms in total. The lowest BCUT2D eigenvalue weighted by molar-refractivity contribution is 0.392. The standard InChI is InChI=1S/C35H53N3O2.ClH.H2O/c1-5-6-7-8-9-10-11-12-13-14-25-35(29-36,31-19-16-22-34(28-31)40-4)26-17-20-32(38-37-2)24-23-30-18-15-21-33(27-30)39-3;;/h15-16,18-19,21-22,27-28,32H,5-14,17,20,23-26H2,1-4H3;1H;1H2. The summed E-state index contributed by atoms with van der Waals surface area (Å²) in [6.45, 7) is 2.27. The van der Waals surface area contributed by atoms with E-state index in [9.17, 15) is 5.26 Å². The van der Waals surface area contributed by atoms with Crippen LogP contribution in [0.5, 0.6) is 11.5 Å². The van der Waals surface area contributed by atoms with Crippen LogP contribution in [0.1, 0.15) is 114 Å². The van der Waals surface area contributed by atoms with Crippen LogP contribution in [0.2, 0.25) is 0 Å². The van der Waals surface area contributed by atoms with Gasteiger partial charge in [0.1, 0.15) is 11.5 Å². The number of halogens is 1. The molecule has 7 heteroatoms. The number of hydrogen-bond acceptors (Lipinski definition) is 5. The Morgan fingerprint density at radius 3 is 1.95 bits per heavy atom. The van der Waals surface area contributed by atoms with Crippen molar-refractivity contribution in [2.45, 2.75) is 121 Å². The van der Waals surface area contributed by atoms with Gasteiger partial charge in [0.15, 0.2) is 0 Å². The molecule has 2 N–H and O–H groups in total. The molecule has 0 spiro atoms. The summed E-state index contributed by atoms with van der Waals surface area (Å²) in [5, 5.41) is 19.2. The predicted octanol–water partition coefficient (Wildman–Crippen LogP) is 9.63. The Labute approximate surface area is 262 Å². The summed E-state index contributed by atoms with van der Waals surface area (Å²) in [6, 6.07) is 19.3. The van der Waals surface area contributed by atoms with Crippen molar-refractivity contribution in [1.29, 1.82) is 5.26 Å². The average molecular weight is 602 g/mol. The Hall–Kier alpha value is -2.62. The maximum absolute atomic E-state index is 10.6. The Morgan fingerprint density at radius 2 is 1.36 bits per heavy atom. The van der Waals surface area contributed by atoms with E-state index in [1.807, 2.05) is 24.3 Å². The molecular weight excluding hydrogens is 546 g/mol. The van der Waals surface area contributed by atoms with Crippen LogP contribution < -0.4 is 9.47 Å². The first-order valence-electron chi connectivity index (χ1n) is 15.6. The minimum absolute atomic E-state index is 0. The summed E-state index contributed by atoms with van der Waals surface area (Å²) in [5.41, 5.74) is 1.82. The summed E-state index contributed by atoms with van der Waals surface area (Å²) in [7, 11) is 5.14. The molecule has 2 aromatic carbocycles. The van der Waals surface area contributed by atoms with Gasteiger partial charge in [-0.1, -0.05) is 95.4 Å². The smallest absolute Gasteiger partial charge is 0.119 e. The topological polar surface area (TPSA) is 98.5 Å². The van der Waals surface area contributed by atoms with Gasteiger partial charge in [0.05, 0.1) is 31.7 Å². The second-order valence-corrected chi connectivity index (χ2v) is 11.1. The molecule has 2 atom stereocenters. The highest BCUT2D eigenvalue weighted by atomic mass is 35.5. The third kappa shape index (κ3) is 14.5. The molecule has 0 aliphatic heterocycles. The molecule has 0 aromatic heterocycles. The predicted molar refractivity (Wildman–Crippen MR) is 177 cm³/mol. The normalized spacial score (nSPS) is 12.9. The number of hydrogen-bond donors (Lipinski definition) is 0. The zero-order chi connectivity index (χ0) is 28.9. The first-order chi connectivity index (χ1) is 19.6. The molecular formula is C35H56ClN3O3. The van der Waals surface area contributed by atoms with Crippen molar-refractivity contribution in [1.82, 2.24) is 0 Å². The van der Waals surface area contributed by atoms with Crippen molar-refractivity contribution in [2.24, 2.45) is 10.2 Å². The molecule has 0 aliphatic rings. The van der Waals surface area contributed by atoms with E-state index in [0.717, 1.165) is 62.0 Å². The maximum Gasteiger partial charge on any atom is 0.119 e. The lowest BCUT2D eigenvalue weighted by Crippen LogP contribution is -2.25. The minimum atomic E-state index is -0.505. The van der Waals surface area contributed by atoms with E-state index in [4.69, 9.17) is 9.47 Å². The van der Waals surface area contributed by atoms with Gasteiger partial charge in [0.2, 0.25) is 0 Å². The van der Waals surface area contributed by atoms with Gasteiger partial charge in [-0.3, -0.25) is 0 Å². The molecule has 0 bridgehead atoms. The Balaban J connectivity index is 0.00000840. The summed E-state index contributed by atoms with van der Waals surface area (Å²) in [5.74, 6) is 1.70. The van der Waals surface area contributed by atoms with Crippen molar-refractivity contribution >= 4 is 12.4 Å². The third-order valence-electron chi connectivity index (χ3n) is 8.11. The van der Waals surface area contributed by atoms with Crippen molar-refractivity contribution in [3.63, 3.8) is 0 Å². The highest BCUT2D eigenvalue weighted by Crippen LogP contribution is 2.37. The number of methoxy groups -OCH3 is 2. The molecule has 0 radical (unpaired) electrons. The number of rotatable bonds is 22. The lowest BCUT2D eigenvalue weighted by Gasteiger charge is -2.28. The van der Waals surface area contributed by atoms with Gasteiger partial charge < -0.3 is 14.9 Å². The summed E-state index contributed by atoms with van der Waals surface area (Å²) >= 11 is 0. The first kappa shape index (κ1) is 39.4. The maximum atomic E-state index is 10.6. The number of benzene rings is 2. The number of azo groups is 1. The highest BCUT2D eigenvalue weighted by molar-refractivity contribution is 5.85. The van der Waals surface area contributed by atoms with Gasteiger partial charge in [-0.05, 0) is 73.9 Å². The largest absolute Gasteiger partial charge is 0.497 e. The Bertz CT molecular complexity index is 1030. The third-order valence-corrected chi connectivity index (χ3v) is 8.11. The van der Waals surface area contributed by atoms with Crippen molar-refractivity contribution < 1.29 is 14.9 Å². The van der Waals surface area contributed by atoms with Gasteiger partial charge in [0, 0.05) is 7.05 Å². The second kappa shape index (κ2) is 23.9. The molecule has 236 valence electrons. The van der Waals surface area contributed by atoms with E-state index in [1.54, 1.807) is 21.3 Å². The fourth-order valence-electron chi connectivity index (χ4n) is 5.65. The first-order valence-corrected chi connectivity index (χ1v) is 15.6. The van der Waals surface area contributed by atoms with Gasteiger partial charge in [-0.2, -0.15) is 15.5 Å². The van der Waals surface area contributed by atoms with E-state index in [1.165, 1.54) is 63.4 Å². The van der Waals surface area contributed by atoms with E-state index in [-0.39, 0.29) is 23.9 Å². The van der Waals surface area contributed by atoms with E-state index >= 15 is 0 Å². The quantitative estimate of drug-likeness (QED) is 0.0991. The van der Waals surface area contributed by atoms with Gasteiger partial charge >= 0.3 is 0 Å². The Kier molecular flexibility index (Phi) is 22.4. The number of nitriles is 1. The number of nitrogens with zero attached hydrogens (tertiary/aromatic N) is 3. The summed E-state index contributed by atoms with van der Waals surface area (Å²) in [6.07, 6.45) is 18.4. The van der Waals surface area contributed by atoms with E-state index < -0.39 is 5.41 Å². The van der Waals surface area contributed by atoms with Crippen LogP contribution in [-0.2, 0) is 11.8 Å². The van der Waals surface area contributed by atoms with Crippen molar-refractivity contribution in [3.05, 3.63) is 59.7 Å². The molecule has 2 aromatic rings. The molecule has 0 heterocycles. The van der Waals surface area contributed by atoms with Crippen LogP contribution in [0.4, 0.5) is 0 Å². The fraction of sp³-hybridized carbons (Fsp3) is 0.629. The van der Waals surface area contributed by atoms with Crippen molar-refractivity contribution in [2.75, 3.05) is 21.3 Å². The highest BCUT2D eigenvalue weighted by Gasteiger charge is 2.32. The van der Waals surface area contributed by atoms with Crippen LogP contribution in [0, 0.1) is 11.3 Å². The zero-order valence-electron chi connectivity index (χ0n) is 26.6. The number of ether oxygens (including phenoxy) is 2. The molecule has 0 saturated heterocycles. The lowest BCUT2D eigenvalue weighted by atomic mass is 9.73. The van der Waals surface area contributed by atoms with E-state index in [2.05, 4.69) is 47.5 Å². The minimum Gasteiger partial charge on any atom is -0.497 e. The van der Waals surface area contributed by atoms with Crippen LogP contribution in [0.25, 0.3) is 0 Å². The monoisotopic (exact) mass is 601 g/mol. The summed E-state index contributed by atoms with van der Waals surface area (Å²) in [4.78, 5) is 0. The fourth-order valence-corrected chi connectivity index (χ4v) is 5.65. The van der Waals surface area contributed by atoms with E-state index in [0.29, 0.717) is 0 Å². The number of unbranched alkanes of at least 4 members (excludes halogenated alkanes) is 9. The summed E-state index contributed by atoms with van der Waals surface area (Å²) < 4.78 is 10.9. The van der Waals surface area contributed by atoms with Crippen LogP contribution in [-0.4, -0.2) is 32.8 Å².